The Morgan fingerprint density at radius 3 is 2.54 bits per heavy atom. The number of nitriles is 1. The van der Waals surface area contributed by atoms with E-state index in [0.29, 0.717) is 11.1 Å². The van der Waals surface area contributed by atoms with E-state index in [4.69, 9.17) is 0 Å². The van der Waals surface area contributed by atoms with Gasteiger partial charge in [0.15, 0.2) is 0 Å². The van der Waals surface area contributed by atoms with Gasteiger partial charge >= 0.3 is 0 Å². The second kappa shape index (κ2) is 7.92. The van der Waals surface area contributed by atoms with E-state index in [2.05, 4.69) is 54.3 Å². The number of allylic oxidation sites excluding steroid dienone is 1. The van der Waals surface area contributed by atoms with Crippen LogP contribution in [0.3, 0.4) is 0 Å². The molecule has 0 aromatic heterocycles. The summed E-state index contributed by atoms with van der Waals surface area (Å²) in [6.45, 7) is 3.14. The number of halogens is 1. The zero-order chi connectivity index (χ0) is 19.5. The van der Waals surface area contributed by atoms with Crippen molar-refractivity contribution < 1.29 is 4.39 Å². The van der Waals surface area contributed by atoms with Crippen LogP contribution in [0.1, 0.15) is 24.5 Å². The van der Waals surface area contributed by atoms with Gasteiger partial charge in [-0.1, -0.05) is 49.0 Å². The van der Waals surface area contributed by atoms with Crippen LogP contribution in [0.2, 0.25) is 0 Å². The highest BCUT2D eigenvalue weighted by molar-refractivity contribution is 7.99. The zero-order valence-electron chi connectivity index (χ0n) is 15.5. The quantitative estimate of drug-likeness (QED) is 0.360. The molecule has 0 saturated carbocycles. The van der Waals surface area contributed by atoms with Crippen LogP contribution in [0.5, 0.6) is 0 Å². The highest BCUT2D eigenvalue weighted by Gasteiger charge is 2.22. The first-order valence-corrected chi connectivity index (χ1v) is 10.1. The van der Waals surface area contributed by atoms with Crippen LogP contribution in [0.4, 0.5) is 15.8 Å². The molecule has 0 bridgehead atoms. The lowest BCUT2D eigenvalue weighted by molar-refractivity contribution is 0.627. The van der Waals surface area contributed by atoms with E-state index >= 15 is 0 Å². The third kappa shape index (κ3) is 3.54. The van der Waals surface area contributed by atoms with E-state index in [0.717, 1.165) is 18.5 Å². The molecule has 0 N–H and O–H groups in total. The molecule has 0 fully saturated rings. The van der Waals surface area contributed by atoms with Crippen LogP contribution in [0.15, 0.2) is 76.5 Å². The fourth-order valence-electron chi connectivity index (χ4n) is 3.38. The molecule has 0 unspecified atom stereocenters. The van der Waals surface area contributed by atoms with E-state index in [1.165, 1.54) is 33.3 Å². The lowest BCUT2D eigenvalue weighted by Crippen LogP contribution is -2.21. The van der Waals surface area contributed by atoms with Crippen molar-refractivity contribution in [2.24, 2.45) is 0 Å². The average molecular weight is 386 g/mol. The average Bonchev–Trinajstić information content (AvgIpc) is 2.72. The normalized spacial score (nSPS) is 12.9. The van der Waals surface area contributed by atoms with Gasteiger partial charge in [0.1, 0.15) is 5.82 Å². The molecule has 0 amide bonds. The second-order valence-electron chi connectivity index (χ2n) is 6.63. The number of benzene rings is 3. The first-order chi connectivity index (χ1) is 13.7. The van der Waals surface area contributed by atoms with E-state index in [9.17, 15) is 9.65 Å². The molecule has 3 aromatic rings. The molecule has 4 heteroatoms. The number of hydrogen-bond acceptors (Lipinski definition) is 3. The maximum absolute atomic E-state index is 13.2. The molecule has 2 nitrogen and oxygen atoms in total. The molecule has 0 radical (unpaired) electrons. The lowest BCUT2D eigenvalue weighted by atomic mass is 10.0. The molecule has 138 valence electrons. The number of fused-ring (bicyclic) bond motifs is 2. The van der Waals surface area contributed by atoms with Gasteiger partial charge in [-0.25, -0.2) is 4.39 Å². The van der Waals surface area contributed by atoms with Crippen molar-refractivity contribution in [3.05, 3.63) is 83.7 Å². The summed E-state index contributed by atoms with van der Waals surface area (Å²) in [6.07, 6.45) is 2.92. The fourth-order valence-corrected chi connectivity index (χ4v) is 4.52. The van der Waals surface area contributed by atoms with Crippen LogP contribution >= 0.6 is 11.8 Å². The van der Waals surface area contributed by atoms with Gasteiger partial charge in [-0.2, -0.15) is 5.26 Å². The number of anilines is 2. The topological polar surface area (TPSA) is 27.0 Å². The summed E-state index contributed by atoms with van der Waals surface area (Å²) in [5.74, 6) is -0.305. The molecule has 0 aliphatic carbocycles. The monoisotopic (exact) mass is 386 g/mol. The maximum atomic E-state index is 13.2. The van der Waals surface area contributed by atoms with Crippen molar-refractivity contribution >= 4 is 34.8 Å². The van der Waals surface area contributed by atoms with Gasteiger partial charge in [0, 0.05) is 16.3 Å². The number of hydrogen-bond donors (Lipinski definition) is 0. The predicted octanol–water partition coefficient (Wildman–Crippen LogP) is 6.90. The maximum Gasteiger partial charge on any atom is 0.123 e. The highest BCUT2D eigenvalue weighted by atomic mass is 32.2. The first-order valence-electron chi connectivity index (χ1n) is 9.26. The van der Waals surface area contributed by atoms with E-state index < -0.39 is 0 Å². The smallest absolute Gasteiger partial charge is 0.123 e. The van der Waals surface area contributed by atoms with Crippen molar-refractivity contribution in [2.75, 3.05) is 11.4 Å². The SMILES string of the molecule is CCCN1c2ccccc2Sc2cc(/C=C(\C#N)c3ccc(F)cc3)ccc21. The Hall–Kier alpha value is -3.03. The summed E-state index contributed by atoms with van der Waals surface area (Å²) in [6, 6.07) is 23.0. The van der Waals surface area contributed by atoms with Gasteiger partial charge in [-0.3, -0.25) is 0 Å². The first kappa shape index (κ1) is 18.3. The highest BCUT2D eigenvalue weighted by Crippen LogP contribution is 2.48. The van der Waals surface area contributed by atoms with E-state index in [-0.39, 0.29) is 5.82 Å². The van der Waals surface area contributed by atoms with Crippen LogP contribution in [-0.4, -0.2) is 6.54 Å². The lowest BCUT2D eigenvalue weighted by Gasteiger charge is -2.32. The van der Waals surface area contributed by atoms with Crippen LogP contribution < -0.4 is 4.90 Å². The summed E-state index contributed by atoms with van der Waals surface area (Å²) < 4.78 is 13.2. The van der Waals surface area contributed by atoms with Crippen molar-refractivity contribution in [3.8, 4) is 6.07 Å². The summed E-state index contributed by atoms with van der Waals surface area (Å²) in [5, 5.41) is 9.57. The third-order valence-corrected chi connectivity index (χ3v) is 5.80. The van der Waals surface area contributed by atoms with Crippen molar-refractivity contribution in [1.82, 2.24) is 0 Å². The predicted molar refractivity (Wildman–Crippen MR) is 114 cm³/mol. The Kier molecular flexibility index (Phi) is 5.18. The zero-order valence-corrected chi connectivity index (χ0v) is 16.3. The molecule has 1 heterocycles. The van der Waals surface area contributed by atoms with Crippen LogP contribution in [-0.2, 0) is 0 Å². The van der Waals surface area contributed by atoms with Gasteiger partial charge in [0.2, 0.25) is 0 Å². The van der Waals surface area contributed by atoms with Gasteiger partial charge in [0.05, 0.1) is 23.0 Å². The molecular weight excluding hydrogens is 367 g/mol. The molecular formula is C24H19FN2S. The van der Waals surface area contributed by atoms with E-state index in [1.807, 2.05) is 12.1 Å². The Balaban J connectivity index is 1.73. The van der Waals surface area contributed by atoms with Crippen molar-refractivity contribution in [1.29, 1.82) is 5.26 Å². The summed E-state index contributed by atoms with van der Waals surface area (Å²) in [4.78, 5) is 4.78. The Bertz CT molecular complexity index is 1080. The third-order valence-electron chi connectivity index (χ3n) is 4.68. The van der Waals surface area contributed by atoms with Gasteiger partial charge in [0.25, 0.3) is 0 Å². The van der Waals surface area contributed by atoms with Gasteiger partial charge in [-0.15, -0.1) is 0 Å². The number of nitrogens with zero attached hydrogens (tertiary/aromatic N) is 2. The van der Waals surface area contributed by atoms with Gasteiger partial charge < -0.3 is 4.90 Å². The minimum Gasteiger partial charge on any atom is -0.340 e. The van der Waals surface area contributed by atoms with Gasteiger partial charge in [-0.05, 0) is 60.0 Å². The molecule has 1 aliphatic heterocycles. The molecule has 1 aliphatic rings. The summed E-state index contributed by atoms with van der Waals surface area (Å²) >= 11 is 1.76. The molecule has 28 heavy (non-hydrogen) atoms. The largest absolute Gasteiger partial charge is 0.340 e. The molecule has 3 aromatic carbocycles. The van der Waals surface area contributed by atoms with Crippen LogP contribution in [0, 0.1) is 17.1 Å². The minimum atomic E-state index is -0.305. The van der Waals surface area contributed by atoms with Crippen molar-refractivity contribution in [3.63, 3.8) is 0 Å². The van der Waals surface area contributed by atoms with Crippen LogP contribution in [0.25, 0.3) is 11.6 Å². The fraction of sp³-hybridized carbons (Fsp3) is 0.125. The summed E-state index contributed by atoms with van der Waals surface area (Å²) in [5.41, 5.74) is 4.64. The molecule has 0 atom stereocenters. The molecule has 0 spiro atoms. The Labute approximate surface area is 168 Å². The standard InChI is InChI=1S/C24H19FN2S/c1-2-13-27-21-5-3-4-6-23(21)28-24-15-17(7-12-22(24)27)14-19(16-26)18-8-10-20(25)11-9-18/h3-12,14-15H,2,13H2,1H3/b19-14+. The molecule has 4 rings (SSSR count). The Morgan fingerprint density at radius 1 is 1.04 bits per heavy atom. The Morgan fingerprint density at radius 2 is 1.79 bits per heavy atom. The number of para-hydroxylation sites is 1. The number of rotatable bonds is 4. The minimum absolute atomic E-state index is 0.305. The molecule has 0 saturated heterocycles. The van der Waals surface area contributed by atoms with Crippen molar-refractivity contribution in [2.45, 2.75) is 23.1 Å². The van der Waals surface area contributed by atoms with E-state index in [1.54, 1.807) is 23.9 Å². The second-order valence-corrected chi connectivity index (χ2v) is 7.71. The summed E-state index contributed by atoms with van der Waals surface area (Å²) in [7, 11) is 0.